The van der Waals surface area contributed by atoms with Crippen LogP contribution >= 0.6 is 0 Å². The van der Waals surface area contributed by atoms with Gasteiger partial charge in [0.2, 0.25) is 15.9 Å². The summed E-state index contributed by atoms with van der Waals surface area (Å²) in [6.07, 6.45) is 7.55. The molecule has 1 aromatic rings. The lowest BCUT2D eigenvalue weighted by atomic mass is 9.98. The largest absolute Gasteiger partial charge is 0.378 e. The monoisotopic (exact) mass is 394 g/mol. The molecule has 1 unspecified atom stereocenters. The summed E-state index contributed by atoms with van der Waals surface area (Å²) < 4.78 is 34.0. The molecular formula is C20H30N2O4S. The van der Waals surface area contributed by atoms with Gasteiger partial charge in [-0.3, -0.25) is 4.79 Å². The summed E-state index contributed by atoms with van der Waals surface area (Å²) in [5, 5.41) is 2.83. The van der Waals surface area contributed by atoms with Gasteiger partial charge < -0.3 is 10.1 Å². The molecule has 0 spiro atoms. The van der Waals surface area contributed by atoms with Crippen LogP contribution in [0.25, 0.3) is 0 Å². The van der Waals surface area contributed by atoms with Gasteiger partial charge >= 0.3 is 0 Å². The number of nitrogens with one attached hydrogen (secondary N) is 2. The van der Waals surface area contributed by atoms with E-state index in [1.54, 1.807) is 18.2 Å². The van der Waals surface area contributed by atoms with Crippen LogP contribution in [-0.4, -0.2) is 33.6 Å². The molecule has 150 valence electrons. The molecule has 1 amide bonds. The van der Waals surface area contributed by atoms with Crippen LogP contribution in [0.3, 0.4) is 0 Å². The highest BCUT2D eigenvalue weighted by Crippen LogP contribution is 2.31. The van der Waals surface area contributed by atoms with Crippen LogP contribution in [0.15, 0.2) is 23.1 Å². The zero-order chi connectivity index (χ0) is 19.3. The predicted molar refractivity (Wildman–Crippen MR) is 105 cm³/mol. The van der Waals surface area contributed by atoms with E-state index in [9.17, 15) is 13.2 Å². The lowest BCUT2D eigenvalue weighted by molar-refractivity contribution is -0.116. The van der Waals surface area contributed by atoms with E-state index in [1.807, 2.05) is 6.92 Å². The maximum atomic E-state index is 12.7. The van der Waals surface area contributed by atoms with E-state index in [4.69, 9.17) is 4.74 Å². The molecule has 27 heavy (non-hydrogen) atoms. The third-order valence-corrected chi connectivity index (χ3v) is 7.00. The number of sulfonamides is 1. The van der Waals surface area contributed by atoms with Gasteiger partial charge in [-0.2, -0.15) is 0 Å². The van der Waals surface area contributed by atoms with Crippen LogP contribution in [0.5, 0.6) is 0 Å². The molecular weight excluding hydrogens is 364 g/mol. The average Bonchev–Trinajstić information content (AvgIpc) is 3.10. The van der Waals surface area contributed by atoms with E-state index in [0.717, 1.165) is 12.0 Å². The summed E-state index contributed by atoms with van der Waals surface area (Å²) >= 11 is 0. The minimum Gasteiger partial charge on any atom is -0.378 e. The summed E-state index contributed by atoms with van der Waals surface area (Å²) in [7, 11) is -3.57. The number of fused-ring (bicyclic) bond motifs is 1. The molecule has 0 saturated heterocycles. The van der Waals surface area contributed by atoms with E-state index in [1.165, 1.54) is 25.7 Å². The molecule has 0 bridgehead atoms. The normalized spacial score (nSPS) is 19.4. The molecule has 1 aliphatic carbocycles. The standard InChI is InChI=1S/C20H30N2O4S/c1-2-26-19(15-6-3-4-7-15)12-13-21-27(24,25)17-10-11-18-16(14-17)8-5-9-20(23)22-18/h10-11,14-15,19,21H,2-9,12-13H2,1H3,(H,22,23). The minimum absolute atomic E-state index is 0.0173. The average molecular weight is 395 g/mol. The molecule has 1 heterocycles. The van der Waals surface area contributed by atoms with Gasteiger partial charge in [0.05, 0.1) is 11.0 Å². The van der Waals surface area contributed by atoms with Crippen molar-refractivity contribution >= 4 is 21.6 Å². The number of amides is 1. The van der Waals surface area contributed by atoms with Gasteiger partial charge in [-0.05, 0) is 68.7 Å². The van der Waals surface area contributed by atoms with E-state index < -0.39 is 10.0 Å². The maximum Gasteiger partial charge on any atom is 0.240 e. The number of ether oxygens (including phenoxy) is 1. The molecule has 2 aliphatic rings. The summed E-state index contributed by atoms with van der Waals surface area (Å²) in [5.41, 5.74) is 1.59. The first-order chi connectivity index (χ1) is 13.0. The SMILES string of the molecule is CCOC(CCNS(=O)(=O)c1ccc2c(c1)CCCC(=O)N2)C1CCCC1. The van der Waals surface area contributed by atoms with Crippen molar-refractivity contribution in [1.29, 1.82) is 0 Å². The molecule has 1 atom stereocenters. The summed E-state index contributed by atoms with van der Waals surface area (Å²) in [4.78, 5) is 11.9. The molecule has 1 saturated carbocycles. The second kappa shape index (κ2) is 9.17. The quantitative estimate of drug-likeness (QED) is 0.709. The Kier molecular flexibility index (Phi) is 6.89. The lowest BCUT2D eigenvalue weighted by Gasteiger charge is -2.23. The Bertz CT molecular complexity index is 757. The van der Waals surface area contributed by atoms with Crippen LogP contribution in [0.1, 0.15) is 57.4 Å². The number of benzene rings is 1. The fourth-order valence-corrected chi connectivity index (χ4v) is 5.23. The van der Waals surface area contributed by atoms with Gasteiger partial charge in [0.25, 0.3) is 0 Å². The van der Waals surface area contributed by atoms with E-state index >= 15 is 0 Å². The fourth-order valence-electron chi connectivity index (χ4n) is 4.14. The van der Waals surface area contributed by atoms with Crippen molar-refractivity contribution in [2.75, 3.05) is 18.5 Å². The van der Waals surface area contributed by atoms with Crippen molar-refractivity contribution in [2.45, 2.75) is 69.3 Å². The smallest absolute Gasteiger partial charge is 0.240 e. The zero-order valence-electron chi connectivity index (χ0n) is 16.0. The van der Waals surface area contributed by atoms with Crippen LogP contribution in [0.4, 0.5) is 5.69 Å². The van der Waals surface area contributed by atoms with Crippen molar-refractivity contribution in [3.8, 4) is 0 Å². The molecule has 7 heteroatoms. The topological polar surface area (TPSA) is 84.5 Å². The maximum absolute atomic E-state index is 12.7. The fraction of sp³-hybridized carbons (Fsp3) is 0.650. The highest BCUT2D eigenvalue weighted by atomic mass is 32.2. The third-order valence-electron chi connectivity index (χ3n) is 5.54. The first-order valence-corrected chi connectivity index (χ1v) is 11.5. The first kappa shape index (κ1) is 20.3. The lowest BCUT2D eigenvalue weighted by Crippen LogP contribution is -2.31. The second-order valence-corrected chi connectivity index (χ2v) is 9.21. The molecule has 0 aromatic heterocycles. The number of carbonyl (C=O) groups is 1. The number of carbonyl (C=O) groups excluding carboxylic acids is 1. The van der Waals surface area contributed by atoms with Crippen molar-refractivity contribution in [3.05, 3.63) is 23.8 Å². The van der Waals surface area contributed by atoms with Gasteiger partial charge in [0, 0.05) is 25.3 Å². The summed E-state index contributed by atoms with van der Waals surface area (Å²) in [6.45, 7) is 3.02. The van der Waals surface area contributed by atoms with E-state index in [-0.39, 0.29) is 16.9 Å². The number of hydrogen-bond acceptors (Lipinski definition) is 4. The number of anilines is 1. The summed E-state index contributed by atoms with van der Waals surface area (Å²) in [5.74, 6) is 0.530. The van der Waals surface area contributed by atoms with Crippen molar-refractivity contribution in [2.24, 2.45) is 5.92 Å². The Labute approximate surface area is 162 Å². The Morgan fingerprint density at radius 1 is 1.22 bits per heavy atom. The van der Waals surface area contributed by atoms with Crippen LogP contribution < -0.4 is 10.0 Å². The minimum atomic E-state index is -3.57. The highest BCUT2D eigenvalue weighted by molar-refractivity contribution is 7.89. The molecule has 3 rings (SSSR count). The number of hydrogen-bond donors (Lipinski definition) is 2. The molecule has 1 aromatic carbocycles. The van der Waals surface area contributed by atoms with Gasteiger partial charge in [0.15, 0.2) is 0 Å². The van der Waals surface area contributed by atoms with Gasteiger partial charge in [-0.15, -0.1) is 0 Å². The van der Waals surface area contributed by atoms with Crippen molar-refractivity contribution < 1.29 is 17.9 Å². The van der Waals surface area contributed by atoms with Crippen molar-refractivity contribution in [3.63, 3.8) is 0 Å². The second-order valence-electron chi connectivity index (χ2n) is 7.45. The van der Waals surface area contributed by atoms with Gasteiger partial charge in [0.1, 0.15) is 0 Å². The highest BCUT2D eigenvalue weighted by Gasteiger charge is 2.26. The Balaban J connectivity index is 1.62. The summed E-state index contributed by atoms with van der Waals surface area (Å²) in [6, 6.07) is 4.93. The molecule has 6 nitrogen and oxygen atoms in total. The predicted octanol–water partition coefficient (Wildman–Crippen LogP) is 3.23. The van der Waals surface area contributed by atoms with Crippen LogP contribution in [0, 0.1) is 5.92 Å². The molecule has 1 aliphatic heterocycles. The van der Waals surface area contributed by atoms with Crippen LogP contribution in [-0.2, 0) is 26.0 Å². The number of aryl methyl sites for hydroxylation is 1. The van der Waals surface area contributed by atoms with E-state index in [2.05, 4.69) is 10.0 Å². The Morgan fingerprint density at radius 3 is 2.74 bits per heavy atom. The van der Waals surface area contributed by atoms with Gasteiger partial charge in [-0.1, -0.05) is 12.8 Å². The molecule has 2 N–H and O–H groups in total. The number of rotatable bonds is 8. The Morgan fingerprint density at radius 2 is 2.00 bits per heavy atom. The van der Waals surface area contributed by atoms with E-state index in [0.29, 0.717) is 44.0 Å². The molecule has 1 fully saturated rings. The van der Waals surface area contributed by atoms with Crippen LogP contribution in [0.2, 0.25) is 0 Å². The Hall–Kier alpha value is -1.44. The first-order valence-electron chi connectivity index (χ1n) is 10.0. The zero-order valence-corrected chi connectivity index (χ0v) is 16.8. The third kappa shape index (κ3) is 5.30. The molecule has 0 radical (unpaired) electrons. The van der Waals surface area contributed by atoms with Crippen molar-refractivity contribution in [1.82, 2.24) is 4.72 Å². The van der Waals surface area contributed by atoms with Gasteiger partial charge in [-0.25, -0.2) is 13.1 Å².